The second-order valence-electron chi connectivity index (χ2n) is 4.69. The van der Waals surface area contributed by atoms with Crippen LogP contribution in [0.5, 0.6) is 0 Å². The minimum Gasteiger partial charge on any atom is -0.348 e. The number of hydrogen-bond acceptors (Lipinski definition) is 2. The van der Waals surface area contributed by atoms with Gasteiger partial charge in [-0.3, -0.25) is 0 Å². The van der Waals surface area contributed by atoms with Gasteiger partial charge in [-0.2, -0.15) is 0 Å². The molecule has 0 aliphatic heterocycles. The molecule has 84 valence electrons. The molecule has 1 aliphatic carbocycles. The first-order valence-electron chi connectivity index (χ1n) is 5.99. The molecule has 0 amide bonds. The minimum absolute atomic E-state index is 0.628. The predicted molar refractivity (Wildman–Crippen MR) is 61.6 cm³/mol. The van der Waals surface area contributed by atoms with Gasteiger partial charge in [-0.05, 0) is 32.6 Å². The summed E-state index contributed by atoms with van der Waals surface area (Å²) < 4.78 is 0. The van der Waals surface area contributed by atoms with Crippen LogP contribution in [0.15, 0.2) is 6.33 Å². The fraction of sp³-hybridized carbons (Fsp3) is 0.750. The number of nitrogens with zero attached hydrogens (tertiary/aromatic N) is 1. The van der Waals surface area contributed by atoms with Gasteiger partial charge in [0, 0.05) is 18.3 Å². The summed E-state index contributed by atoms with van der Waals surface area (Å²) in [6, 6.07) is 0.628. The van der Waals surface area contributed by atoms with Crippen LogP contribution in [-0.4, -0.2) is 16.0 Å². The van der Waals surface area contributed by atoms with Crippen molar-refractivity contribution in [3.8, 4) is 0 Å². The molecule has 1 aromatic rings. The lowest BCUT2D eigenvalue weighted by molar-refractivity contribution is 0.379. The van der Waals surface area contributed by atoms with Crippen LogP contribution in [0.4, 0.5) is 0 Å². The van der Waals surface area contributed by atoms with Crippen molar-refractivity contribution < 1.29 is 0 Å². The minimum atomic E-state index is 0.628. The van der Waals surface area contributed by atoms with Gasteiger partial charge in [-0.15, -0.1) is 0 Å². The summed E-state index contributed by atoms with van der Waals surface area (Å²) in [7, 11) is 0. The molecule has 1 unspecified atom stereocenters. The number of H-pyrrole nitrogens is 1. The zero-order valence-corrected chi connectivity index (χ0v) is 9.71. The van der Waals surface area contributed by atoms with Crippen molar-refractivity contribution in [2.75, 3.05) is 0 Å². The maximum absolute atomic E-state index is 4.30. The van der Waals surface area contributed by atoms with Gasteiger partial charge in [0.15, 0.2) is 0 Å². The molecular weight excluding hydrogens is 186 g/mol. The Bertz CT molecular complexity index is 300. The highest BCUT2D eigenvalue weighted by molar-refractivity contribution is 5.08. The van der Waals surface area contributed by atoms with E-state index in [2.05, 4.69) is 29.1 Å². The van der Waals surface area contributed by atoms with Crippen LogP contribution in [0.3, 0.4) is 0 Å². The van der Waals surface area contributed by atoms with Gasteiger partial charge in [0.05, 0.1) is 12.0 Å². The van der Waals surface area contributed by atoms with Crippen molar-refractivity contribution in [3.63, 3.8) is 0 Å². The van der Waals surface area contributed by atoms with Crippen molar-refractivity contribution in [1.82, 2.24) is 15.3 Å². The molecule has 15 heavy (non-hydrogen) atoms. The average Bonchev–Trinajstić information content (AvgIpc) is 2.85. The summed E-state index contributed by atoms with van der Waals surface area (Å²) in [4.78, 5) is 7.41. The number of nitrogens with one attached hydrogen (secondary N) is 2. The van der Waals surface area contributed by atoms with Gasteiger partial charge in [-0.1, -0.05) is 12.8 Å². The summed E-state index contributed by atoms with van der Waals surface area (Å²) in [5.41, 5.74) is 2.33. The molecule has 1 fully saturated rings. The molecule has 0 radical (unpaired) electrons. The topological polar surface area (TPSA) is 40.7 Å². The van der Waals surface area contributed by atoms with Gasteiger partial charge in [0.2, 0.25) is 0 Å². The Morgan fingerprint density at radius 2 is 2.27 bits per heavy atom. The molecule has 1 aliphatic rings. The zero-order chi connectivity index (χ0) is 10.7. The molecule has 1 aromatic heterocycles. The second-order valence-corrected chi connectivity index (χ2v) is 4.69. The monoisotopic (exact) mass is 207 g/mol. The number of aromatic nitrogens is 2. The standard InChI is InChI=1S/C12H21N3/c1-9(11-5-3-4-6-11)13-7-12-10(2)14-8-15-12/h8-9,11,13H,3-7H2,1-2H3,(H,14,15). The van der Waals surface area contributed by atoms with Crippen molar-refractivity contribution in [1.29, 1.82) is 0 Å². The summed E-state index contributed by atoms with van der Waals surface area (Å²) in [6.07, 6.45) is 7.39. The Kier molecular flexibility index (Phi) is 3.41. The molecule has 0 spiro atoms. The van der Waals surface area contributed by atoms with Crippen LogP contribution in [0.2, 0.25) is 0 Å². The molecule has 1 saturated carbocycles. The zero-order valence-electron chi connectivity index (χ0n) is 9.71. The van der Waals surface area contributed by atoms with E-state index in [9.17, 15) is 0 Å². The van der Waals surface area contributed by atoms with Crippen LogP contribution in [0, 0.1) is 12.8 Å². The highest BCUT2D eigenvalue weighted by Gasteiger charge is 2.21. The fourth-order valence-electron chi connectivity index (χ4n) is 2.45. The Labute approximate surface area is 91.7 Å². The van der Waals surface area contributed by atoms with E-state index in [1.165, 1.54) is 31.4 Å². The normalized spacial score (nSPS) is 19.6. The van der Waals surface area contributed by atoms with Gasteiger partial charge >= 0.3 is 0 Å². The summed E-state index contributed by atoms with van der Waals surface area (Å²) in [6.45, 7) is 5.27. The van der Waals surface area contributed by atoms with Crippen LogP contribution < -0.4 is 5.32 Å². The van der Waals surface area contributed by atoms with E-state index < -0.39 is 0 Å². The Hall–Kier alpha value is -0.830. The van der Waals surface area contributed by atoms with E-state index in [0.717, 1.165) is 18.2 Å². The number of aryl methyl sites for hydroxylation is 1. The molecule has 0 saturated heterocycles. The van der Waals surface area contributed by atoms with Crippen molar-refractivity contribution >= 4 is 0 Å². The van der Waals surface area contributed by atoms with E-state index in [1.54, 1.807) is 6.33 Å². The van der Waals surface area contributed by atoms with Gasteiger partial charge < -0.3 is 10.3 Å². The Balaban J connectivity index is 1.80. The number of hydrogen-bond donors (Lipinski definition) is 2. The molecule has 3 nitrogen and oxygen atoms in total. The number of rotatable bonds is 4. The summed E-state index contributed by atoms with van der Waals surface area (Å²) in [5.74, 6) is 0.879. The van der Waals surface area contributed by atoms with Crippen molar-refractivity contribution in [2.24, 2.45) is 5.92 Å². The smallest absolute Gasteiger partial charge is 0.0925 e. The van der Waals surface area contributed by atoms with E-state index in [1.807, 2.05) is 0 Å². The third-order valence-electron chi connectivity index (χ3n) is 3.63. The van der Waals surface area contributed by atoms with Crippen molar-refractivity contribution in [2.45, 2.75) is 52.1 Å². The third kappa shape index (κ3) is 2.59. The maximum Gasteiger partial charge on any atom is 0.0925 e. The third-order valence-corrected chi connectivity index (χ3v) is 3.63. The largest absolute Gasteiger partial charge is 0.348 e. The van der Waals surface area contributed by atoms with Gasteiger partial charge in [0.1, 0.15) is 0 Å². The molecule has 1 heterocycles. The van der Waals surface area contributed by atoms with E-state index >= 15 is 0 Å². The Morgan fingerprint density at radius 1 is 1.53 bits per heavy atom. The number of aromatic amines is 1. The lowest BCUT2D eigenvalue weighted by Gasteiger charge is -2.19. The van der Waals surface area contributed by atoms with Crippen molar-refractivity contribution in [3.05, 3.63) is 17.7 Å². The highest BCUT2D eigenvalue weighted by Crippen LogP contribution is 2.27. The molecule has 2 N–H and O–H groups in total. The highest BCUT2D eigenvalue weighted by atomic mass is 15.0. The summed E-state index contributed by atoms with van der Waals surface area (Å²) >= 11 is 0. The molecule has 0 bridgehead atoms. The van der Waals surface area contributed by atoms with E-state index in [-0.39, 0.29) is 0 Å². The first kappa shape index (κ1) is 10.7. The van der Waals surface area contributed by atoms with Crippen LogP contribution in [0.1, 0.15) is 44.0 Å². The lowest BCUT2D eigenvalue weighted by Crippen LogP contribution is -2.32. The Morgan fingerprint density at radius 3 is 2.87 bits per heavy atom. The first-order valence-corrected chi connectivity index (χ1v) is 5.99. The lowest BCUT2D eigenvalue weighted by atomic mass is 10.00. The molecular formula is C12H21N3. The molecule has 2 rings (SSSR count). The van der Waals surface area contributed by atoms with Crippen LogP contribution >= 0.6 is 0 Å². The predicted octanol–water partition coefficient (Wildman–Crippen LogP) is 2.39. The second kappa shape index (κ2) is 4.79. The van der Waals surface area contributed by atoms with E-state index in [0.29, 0.717) is 6.04 Å². The summed E-state index contributed by atoms with van der Waals surface area (Å²) in [5, 5.41) is 3.59. The quantitative estimate of drug-likeness (QED) is 0.796. The number of imidazole rings is 1. The average molecular weight is 207 g/mol. The van der Waals surface area contributed by atoms with Crippen LogP contribution in [-0.2, 0) is 6.54 Å². The van der Waals surface area contributed by atoms with Gasteiger partial charge in [-0.25, -0.2) is 4.98 Å². The van der Waals surface area contributed by atoms with Gasteiger partial charge in [0.25, 0.3) is 0 Å². The van der Waals surface area contributed by atoms with Crippen LogP contribution in [0.25, 0.3) is 0 Å². The van der Waals surface area contributed by atoms with E-state index in [4.69, 9.17) is 0 Å². The molecule has 3 heteroatoms. The first-order chi connectivity index (χ1) is 7.27. The fourth-order valence-corrected chi connectivity index (χ4v) is 2.45. The SMILES string of the molecule is Cc1[nH]cnc1CNC(C)C1CCCC1. The molecule has 1 atom stereocenters. The maximum atomic E-state index is 4.30. The molecule has 0 aromatic carbocycles.